The molecule has 0 aliphatic heterocycles. The molecule has 26 heavy (non-hydrogen) atoms. The Balaban J connectivity index is 1.98. The first-order valence-electron chi connectivity index (χ1n) is 7.70. The average Bonchev–Trinajstić information content (AvgIpc) is 2.63. The fraction of sp³-hybridized carbons (Fsp3) is 0.0556. The van der Waals surface area contributed by atoms with Crippen molar-refractivity contribution >= 4 is 16.9 Å². The Kier molecular flexibility index (Phi) is 3.72. The largest absolute Gasteiger partial charge is 0.366 e. The summed E-state index contributed by atoms with van der Waals surface area (Å²) in [5.74, 6) is -0.921. The third-order valence-electron chi connectivity index (χ3n) is 3.99. The maximum Gasteiger partial charge on any atom is 0.240 e. The van der Waals surface area contributed by atoms with E-state index in [1.807, 2.05) is 0 Å². The highest BCUT2D eigenvalue weighted by atomic mass is 19.1. The van der Waals surface area contributed by atoms with Crippen molar-refractivity contribution in [3.05, 3.63) is 60.1 Å². The van der Waals surface area contributed by atoms with Crippen LogP contribution >= 0.6 is 0 Å². The number of rotatable bonds is 2. The third-order valence-corrected chi connectivity index (χ3v) is 3.99. The molecule has 2 heterocycles. The smallest absolute Gasteiger partial charge is 0.240 e. The number of hydrogen-bond donors (Lipinski definition) is 1. The summed E-state index contributed by atoms with van der Waals surface area (Å²) in [5.41, 5.74) is 8.27. The number of hydrogen-bond acceptors (Lipinski definition) is 6. The Labute approximate surface area is 146 Å². The lowest BCUT2D eigenvalue weighted by atomic mass is 10.0. The van der Waals surface area contributed by atoms with Crippen molar-refractivity contribution in [2.75, 3.05) is 5.73 Å². The summed E-state index contributed by atoms with van der Waals surface area (Å²) in [7, 11) is 0. The topological polar surface area (TPSA) is 90.5 Å². The first-order chi connectivity index (χ1) is 12.5. The summed E-state index contributed by atoms with van der Waals surface area (Å²) in [4.78, 5) is 12.3. The van der Waals surface area contributed by atoms with Crippen LogP contribution in [0, 0.1) is 18.6 Å². The van der Waals surface area contributed by atoms with Gasteiger partial charge in [-0.15, -0.1) is 10.2 Å². The summed E-state index contributed by atoms with van der Waals surface area (Å²) < 4.78 is 27.8. The van der Waals surface area contributed by atoms with Crippen LogP contribution in [-0.4, -0.2) is 25.1 Å². The first-order valence-corrected chi connectivity index (χ1v) is 7.70. The molecule has 8 heteroatoms. The maximum absolute atomic E-state index is 14.5. The maximum atomic E-state index is 14.5. The van der Waals surface area contributed by atoms with Crippen LogP contribution in [0.1, 0.15) is 5.69 Å². The second kappa shape index (κ2) is 6.07. The zero-order chi connectivity index (χ0) is 18.3. The number of benzene rings is 2. The molecule has 0 spiro atoms. The van der Waals surface area contributed by atoms with Crippen molar-refractivity contribution in [1.29, 1.82) is 0 Å². The minimum atomic E-state index is -0.508. The number of halogens is 2. The van der Waals surface area contributed by atoms with Gasteiger partial charge in [0.15, 0.2) is 0 Å². The van der Waals surface area contributed by atoms with Crippen LogP contribution < -0.4 is 5.73 Å². The SMILES string of the molecule is Cc1ncnc2c(F)cc(-c3nnc(N)nc3-c3ccc(F)cc3)cc12. The van der Waals surface area contributed by atoms with Gasteiger partial charge < -0.3 is 5.73 Å². The predicted octanol–water partition coefficient (Wildman–Crippen LogP) is 3.32. The van der Waals surface area contributed by atoms with Crippen molar-refractivity contribution in [1.82, 2.24) is 25.1 Å². The molecular formula is C18H12F2N6. The van der Waals surface area contributed by atoms with E-state index in [9.17, 15) is 8.78 Å². The second-order valence-corrected chi connectivity index (χ2v) is 5.69. The minimum absolute atomic E-state index is 0.0335. The van der Waals surface area contributed by atoms with Gasteiger partial charge >= 0.3 is 0 Å². The molecule has 0 amide bonds. The molecule has 128 valence electrons. The Hall–Kier alpha value is -3.55. The molecular weight excluding hydrogens is 338 g/mol. The highest BCUT2D eigenvalue weighted by Crippen LogP contribution is 2.32. The van der Waals surface area contributed by atoms with E-state index in [1.54, 1.807) is 25.1 Å². The molecule has 2 N–H and O–H groups in total. The van der Waals surface area contributed by atoms with Crippen LogP contribution in [0.25, 0.3) is 33.4 Å². The van der Waals surface area contributed by atoms with Crippen molar-refractivity contribution in [2.45, 2.75) is 6.92 Å². The summed E-state index contributed by atoms with van der Waals surface area (Å²) >= 11 is 0. The van der Waals surface area contributed by atoms with Crippen LogP contribution in [0.5, 0.6) is 0 Å². The molecule has 2 aromatic heterocycles. The standard InChI is InChI=1S/C18H12F2N6/c1-9-13-6-11(7-14(20)17(13)23-8-22-9)16-15(24-18(21)26-25-16)10-2-4-12(19)5-3-10/h2-8H,1H3,(H2,21,24,26). The quantitative estimate of drug-likeness (QED) is 0.596. The Morgan fingerprint density at radius 1 is 0.885 bits per heavy atom. The van der Waals surface area contributed by atoms with E-state index in [-0.39, 0.29) is 17.3 Å². The highest BCUT2D eigenvalue weighted by molar-refractivity contribution is 5.88. The molecule has 0 radical (unpaired) electrons. The van der Waals surface area contributed by atoms with E-state index in [0.29, 0.717) is 33.6 Å². The van der Waals surface area contributed by atoms with Gasteiger partial charge in [-0.25, -0.2) is 23.7 Å². The predicted molar refractivity (Wildman–Crippen MR) is 92.9 cm³/mol. The van der Waals surface area contributed by atoms with E-state index in [2.05, 4.69) is 25.1 Å². The summed E-state index contributed by atoms with van der Waals surface area (Å²) in [6.07, 6.45) is 1.31. The molecule has 0 aliphatic rings. The lowest BCUT2D eigenvalue weighted by molar-refractivity contribution is 0.628. The number of anilines is 1. The molecule has 0 unspecified atom stereocenters. The van der Waals surface area contributed by atoms with Crippen molar-refractivity contribution in [2.24, 2.45) is 0 Å². The van der Waals surface area contributed by atoms with Gasteiger partial charge in [-0.3, -0.25) is 0 Å². The van der Waals surface area contributed by atoms with Gasteiger partial charge in [0.05, 0.1) is 0 Å². The van der Waals surface area contributed by atoms with E-state index >= 15 is 0 Å². The molecule has 0 bridgehead atoms. The van der Waals surface area contributed by atoms with E-state index < -0.39 is 5.82 Å². The monoisotopic (exact) mass is 350 g/mol. The summed E-state index contributed by atoms with van der Waals surface area (Å²) in [6, 6.07) is 8.74. The number of aromatic nitrogens is 5. The Morgan fingerprint density at radius 2 is 1.65 bits per heavy atom. The molecule has 6 nitrogen and oxygen atoms in total. The normalized spacial score (nSPS) is 11.0. The molecule has 4 aromatic rings. The molecule has 0 fully saturated rings. The number of aryl methyl sites for hydroxylation is 1. The van der Waals surface area contributed by atoms with Crippen molar-refractivity contribution in [3.63, 3.8) is 0 Å². The highest BCUT2D eigenvalue weighted by Gasteiger charge is 2.16. The molecule has 4 rings (SSSR count). The van der Waals surface area contributed by atoms with Crippen LogP contribution in [0.2, 0.25) is 0 Å². The number of nitrogens with two attached hydrogens (primary N) is 1. The van der Waals surface area contributed by atoms with E-state index in [0.717, 1.165) is 0 Å². The van der Waals surface area contributed by atoms with E-state index in [1.165, 1.54) is 24.5 Å². The van der Waals surface area contributed by atoms with Gasteiger partial charge in [0.2, 0.25) is 5.95 Å². The van der Waals surface area contributed by atoms with Gasteiger partial charge in [-0.05, 0) is 43.3 Å². The van der Waals surface area contributed by atoms with E-state index in [4.69, 9.17) is 5.73 Å². The minimum Gasteiger partial charge on any atom is -0.366 e. The van der Waals surface area contributed by atoms with Crippen LogP contribution in [0.4, 0.5) is 14.7 Å². The number of nitrogens with zero attached hydrogens (tertiary/aromatic N) is 5. The van der Waals surface area contributed by atoms with Crippen molar-refractivity contribution in [3.8, 4) is 22.5 Å². The molecule has 0 aliphatic carbocycles. The number of nitrogen functional groups attached to an aromatic ring is 1. The second-order valence-electron chi connectivity index (χ2n) is 5.69. The van der Waals surface area contributed by atoms with Crippen LogP contribution in [0.15, 0.2) is 42.7 Å². The Morgan fingerprint density at radius 3 is 2.42 bits per heavy atom. The first kappa shape index (κ1) is 15.9. The summed E-state index contributed by atoms with van der Waals surface area (Å²) in [5, 5.41) is 8.43. The van der Waals surface area contributed by atoms with Gasteiger partial charge in [0, 0.05) is 22.2 Å². The van der Waals surface area contributed by atoms with Gasteiger partial charge in [-0.2, -0.15) is 0 Å². The zero-order valence-corrected chi connectivity index (χ0v) is 13.6. The van der Waals surface area contributed by atoms with Crippen LogP contribution in [0.3, 0.4) is 0 Å². The van der Waals surface area contributed by atoms with Crippen LogP contribution in [-0.2, 0) is 0 Å². The fourth-order valence-corrected chi connectivity index (χ4v) is 2.73. The van der Waals surface area contributed by atoms with Gasteiger partial charge in [-0.1, -0.05) is 0 Å². The van der Waals surface area contributed by atoms with Gasteiger partial charge in [0.25, 0.3) is 0 Å². The zero-order valence-electron chi connectivity index (χ0n) is 13.6. The fourth-order valence-electron chi connectivity index (χ4n) is 2.73. The number of fused-ring (bicyclic) bond motifs is 1. The van der Waals surface area contributed by atoms with Gasteiger partial charge in [0.1, 0.15) is 34.9 Å². The average molecular weight is 350 g/mol. The lowest BCUT2D eigenvalue weighted by Gasteiger charge is -2.10. The molecule has 0 saturated carbocycles. The molecule has 0 saturated heterocycles. The Bertz CT molecular complexity index is 1130. The molecule has 0 atom stereocenters. The lowest BCUT2D eigenvalue weighted by Crippen LogP contribution is -2.03. The summed E-state index contributed by atoms with van der Waals surface area (Å²) in [6.45, 7) is 1.76. The molecule has 2 aromatic carbocycles. The van der Waals surface area contributed by atoms with Crippen molar-refractivity contribution < 1.29 is 8.78 Å². The third kappa shape index (κ3) is 2.71.